The zero-order valence-electron chi connectivity index (χ0n) is 14.5. The molecule has 1 aliphatic rings. The molecule has 1 unspecified atom stereocenters. The van der Waals surface area contributed by atoms with E-state index in [9.17, 15) is 4.79 Å². The highest BCUT2D eigenvalue weighted by atomic mass is 16.7. The van der Waals surface area contributed by atoms with Crippen molar-refractivity contribution in [3.8, 4) is 17.2 Å². The number of ether oxygens (including phenoxy) is 3. The van der Waals surface area contributed by atoms with Crippen molar-refractivity contribution in [2.24, 2.45) is 0 Å². The van der Waals surface area contributed by atoms with Crippen LogP contribution in [0.15, 0.2) is 42.5 Å². The SMILES string of the molecule is COc1cccc(C(=O)CC2Oc3ccc(C(C)(C)C)cc3O2)c1. The monoisotopic (exact) mass is 326 g/mol. The smallest absolute Gasteiger partial charge is 0.248 e. The average Bonchev–Trinajstić information content (AvgIpc) is 2.95. The maximum Gasteiger partial charge on any atom is 0.248 e. The Bertz CT molecular complexity index is 758. The van der Waals surface area contributed by atoms with E-state index in [4.69, 9.17) is 14.2 Å². The summed E-state index contributed by atoms with van der Waals surface area (Å²) in [5.41, 5.74) is 1.80. The highest BCUT2D eigenvalue weighted by Gasteiger charge is 2.28. The fourth-order valence-electron chi connectivity index (χ4n) is 2.62. The van der Waals surface area contributed by atoms with E-state index in [1.165, 1.54) is 5.56 Å². The third kappa shape index (κ3) is 3.37. The first-order valence-electron chi connectivity index (χ1n) is 8.02. The van der Waals surface area contributed by atoms with Crippen LogP contribution in [0.25, 0.3) is 0 Å². The minimum atomic E-state index is -0.589. The third-order valence-electron chi connectivity index (χ3n) is 4.07. The number of hydrogen-bond donors (Lipinski definition) is 0. The summed E-state index contributed by atoms with van der Waals surface area (Å²) in [5, 5.41) is 0. The second kappa shape index (κ2) is 6.19. The first-order chi connectivity index (χ1) is 11.4. The Kier molecular flexibility index (Phi) is 4.22. The highest BCUT2D eigenvalue weighted by molar-refractivity contribution is 5.96. The molecule has 1 aliphatic heterocycles. The van der Waals surface area contributed by atoms with Gasteiger partial charge < -0.3 is 14.2 Å². The Balaban J connectivity index is 1.70. The van der Waals surface area contributed by atoms with E-state index in [0.717, 1.165) is 0 Å². The summed E-state index contributed by atoms with van der Waals surface area (Å²) in [7, 11) is 1.58. The molecule has 1 heterocycles. The number of benzene rings is 2. The molecule has 0 radical (unpaired) electrons. The van der Waals surface area contributed by atoms with E-state index in [1.54, 1.807) is 25.3 Å². The summed E-state index contributed by atoms with van der Waals surface area (Å²) < 4.78 is 16.7. The number of carbonyl (C=O) groups is 1. The minimum absolute atomic E-state index is 0.0346. The Morgan fingerprint density at radius 3 is 2.54 bits per heavy atom. The van der Waals surface area contributed by atoms with Gasteiger partial charge in [0, 0.05) is 5.56 Å². The van der Waals surface area contributed by atoms with Gasteiger partial charge in [-0.25, -0.2) is 0 Å². The molecule has 0 fully saturated rings. The molecule has 0 amide bonds. The van der Waals surface area contributed by atoms with Crippen LogP contribution in [0.5, 0.6) is 17.2 Å². The van der Waals surface area contributed by atoms with Crippen LogP contribution < -0.4 is 14.2 Å². The minimum Gasteiger partial charge on any atom is -0.497 e. The first-order valence-corrected chi connectivity index (χ1v) is 8.02. The standard InChI is InChI=1S/C20H22O4/c1-20(2,3)14-8-9-17-18(11-14)24-19(23-17)12-16(21)13-6-5-7-15(10-13)22-4/h5-11,19H,12H2,1-4H3. The van der Waals surface area contributed by atoms with E-state index in [0.29, 0.717) is 22.8 Å². The maximum absolute atomic E-state index is 12.4. The number of hydrogen-bond acceptors (Lipinski definition) is 4. The fourth-order valence-corrected chi connectivity index (χ4v) is 2.62. The molecule has 4 nitrogen and oxygen atoms in total. The highest BCUT2D eigenvalue weighted by Crippen LogP contribution is 2.39. The molecule has 4 heteroatoms. The molecule has 3 rings (SSSR count). The van der Waals surface area contributed by atoms with Gasteiger partial charge in [-0.15, -0.1) is 0 Å². The van der Waals surface area contributed by atoms with Gasteiger partial charge in [0.1, 0.15) is 5.75 Å². The molecule has 0 spiro atoms. The molecule has 126 valence electrons. The molecule has 0 N–H and O–H groups in total. The Hall–Kier alpha value is -2.49. The zero-order valence-corrected chi connectivity index (χ0v) is 14.5. The molecule has 1 atom stereocenters. The summed E-state index contributed by atoms with van der Waals surface area (Å²) >= 11 is 0. The van der Waals surface area contributed by atoms with E-state index in [1.807, 2.05) is 24.3 Å². The van der Waals surface area contributed by atoms with Crippen molar-refractivity contribution >= 4 is 5.78 Å². The van der Waals surface area contributed by atoms with Crippen LogP contribution in [0.3, 0.4) is 0 Å². The van der Waals surface area contributed by atoms with E-state index in [-0.39, 0.29) is 17.6 Å². The van der Waals surface area contributed by atoms with Crippen molar-refractivity contribution in [1.82, 2.24) is 0 Å². The van der Waals surface area contributed by atoms with Crippen molar-refractivity contribution in [3.05, 3.63) is 53.6 Å². The lowest BCUT2D eigenvalue weighted by Gasteiger charge is -2.18. The van der Waals surface area contributed by atoms with Gasteiger partial charge in [0.15, 0.2) is 17.3 Å². The number of carbonyl (C=O) groups excluding carboxylic acids is 1. The van der Waals surface area contributed by atoms with Crippen LogP contribution in [0, 0.1) is 0 Å². The molecule has 0 saturated heterocycles. The van der Waals surface area contributed by atoms with Gasteiger partial charge in [-0.3, -0.25) is 4.79 Å². The summed E-state index contributed by atoms with van der Waals surface area (Å²) in [5.74, 6) is 2.01. The van der Waals surface area contributed by atoms with Gasteiger partial charge >= 0.3 is 0 Å². The average molecular weight is 326 g/mol. The zero-order chi connectivity index (χ0) is 17.3. The fraction of sp³-hybridized carbons (Fsp3) is 0.350. The Morgan fingerprint density at radius 2 is 1.83 bits per heavy atom. The van der Waals surface area contributed by atoms with Crippen molar-refractivity contribution in [2.75, 3.05) is 7.11 Å². The van der Waals surface area contributed by atoms with Crippen LogP contribution in [0.1, 0.15) is 43.1 Å². The summed E-state index contributed by atoms with van der Waals surface area (Å²) in [6.45, 7) is 6.44. The van der Waals surface area contributed by atoms with Gasteiger partial charge in [0.25, 0.3) is 0 Å². The van der Waals surface area contributed by atoms with Crippen LogP contribution in [-0.2, 0) is 5.41 Å². The Labute approximate surface area is 142 Å². The van der Waals surface area contributed by atoms with Gasteiger partial charge in [-0.2, -0.15) is 0 Å². The van der Waals surface area contributed by atoms with Crippen molar-refractivity contribution in [1.29, 1.82) is 0 Å². The normalized spacial score (nSPS) is 16.1. The summed E-state index contributed by atoms with van der Waals surface area (Å²) in [6, 6.07) is 13.0. The second-order valence-corrected chi connectivity index (χ2v) is 6.94. The molecule has 0 bridgehead atoms. The van der Waals surface area contributed by atoms with Crippen molar-refractivity contribution in [2.45, 2.75) is 38.9 Å². The number of methoxy groups -OCH3 is 1. The molecule has 0 saturated carbocycles. The van der Waals surface area contributed by atoms with Crippen LogP contribution in [0.4, 0.5) is 0 Å². The van der Waals surface area contributed by atoms with Gasteiger partial charge in [-0.05, 0) is 35.2 Å². The van der Waals surface area contributed by atoms with Crippen LogP contribution in [0.2, 0.25) is 0 Å². The van der Waals surface area contributed by atoms with Gasteiger partial charge in [0.05, 0.1) is 13.5 Å². The molecular formula is C20H22O4. The lowest BCUT2D eigenvalue weighted by molar-refractivity contribution is 0.0392. The van der Waals surface area contributed by atoms with Gasteiger partial charge in [0.2, 0.25) is 6.29 Å². The largest absolute Gasteiger partial charge is 0.497 e. The number of fused-ring (bicyclic) bond motifs is 1. The molecule has 0 aliphatic carbocycles. The molecule has 0 aromatic heterocycles. The third-order valence-corrected chi connectivity index (χ3v) is 4.07. The Morgan fingerprint density at radius 1 is 1.08 bits per heavy atom. The van der Waals surface area contributed by atoms with Crippen molar-refractivity contribution < 1.29 is 19.0 Å². The first kappa shape index (κ1) is 16.4. The summed E-state index contributed by atoms with van der Waals surface area (Å²) in [6.07, 6.45) is -0.430. The van der Waals surface area contributed by atoms with Crippen molar-refractivity contribution in [3.63, 3.8) is 0 Å². The van der Waals surface area contributed by atoms with Crippen LogP contribution >= 0.6 is 0 Å². The molecule has 24 heavy (non-hydrogen) atoms. The quantitative estimate of drug-likeness (QED) is 0.783. The number of ketones is 1. The van der Waals surface area contributed by atoms with Crippen LogP contribution in [-0.4, -0.2) is 19.2 Å². The van der Waals surface area contributed by atoms with Gasteiger partial charge in [-0.1, -0.05) is 39.0 Å². The predicted molar refractivity (Wildman–Crippen MR) is 92.1 cm³/mol. The molecule has 2 aromatic carbocycles. The van der Waals surface area contributed by atoms with E-state index >= 15 is 0 Å². The van der Waals surface area contributed by atoms with E-state index in [2.05, 4.69) is 20.8 Å². The lowest BCUT2D eigenvalue weighted by Crippen LogP contribution is -2.22. The number of Topliss-reactive ketones (excluding diaryl/α,β-unsaturated/α-hetero) is 1. The van der Waals surface area contributed by atoms with E-state index < -0.39 is 6.29 Å². The summed E-state index contributed by atoms with van der Waals surface area (Å²) in [4.78, 5) is 12.4. The molecular weight excluding hydrogens is 304 g/mol. The number of rotatable bonds is 4. The molecule has 2 aromatic rings. The lowest BCUT2D eigenvalue weighted by atomic mass is 9.87. The maximum atomic E-state index is 12.4. The topological polar surface area (TPSA) is 44.8 Å². The predicted octanol–water partition coefficient (Wildman–Crippen LogP) is 4.36. The second-order valence-electron chi connectivity index (χ2n) is 6.94.